The molecule has 0 amide bonds. The van der Waals surface area contributed by atoms with Crippen LogP contribution in [0, 0.1) is 5.82 Å². The quantitative estimate of drug-likeness (QED) is 0.500. The summed E-state index contributed by atoms with van der Waals surface area (Å²) in [5.74, 6) is 5.24. The number of rotatable bonds is 3. The molecular weight excluding hydrogens is 219 g/mol. The SMILES string of the molecule is NN=Cc1cccc(Oc2ccccc2)c1F. The third kappa shape index (κ3) is 2.60. The minimum atomic E-state index is -0.481. The van der Waals surface area contributed by atoms with Crippen LogP contribution in [0.1, 0.15) is 5.56 Å². The summed E-state index contributed by atoms with van der Waals surface area (Å²) in [5, 5.41) is 3.29. The van der Waals surface area contributed by atoms with Gasteiger partial charge in [0.05, 0.1) is 6.21 Å². The van der Waals surface area contributed by atoms with Gasteiger partial charge in [-0.25, -0.2) is 4.39 Å². The Morgan fingerprint density at radius 3 is 2.53 bits per heavy atom. The third-order valence-electron chi connectivity index (χ3n) is 2.18. The topological polar surface area (TPSA) is 47.6 Å². The van der Waals surface area contributed by atoms with Crippen molar-refractivity contribution in [1.82, 2.24) is 0 Å². The minimum absolute atomic E-state index is 0.147. The molecule has 0 radical (unpaired) electrons. The summed E-state index contributed by atoms with van der Waals surface area (Å²) in [6.45, 7) is 0. The molecule has 2 aromatic rings. The zero-order valence-corrected chi connectivity index (χ0v) is 9.01. The molecule has 3 nitrogen and oxygen atoms in total. The number of para-hydroxylation sites is 1. The molecule has 0 aliphatic heterocycles. The molecule has 0 saturated heterocycles. The van der Waals surface area contributed by atoms with E-state index in [4.69, 9.17) is 10.6 Å². The van der Waals surface area contributed by atoms with Gasteiger partial charge in [-0.2, -0.15) is 5.10 Å². The first-order valence-electron chi connectivity index (χ1n) is 5.06. The van der Waals surface area contributed by atoms with Crippen molar-refractivity contribution in [3.8, 4) is 11.5 Å². The lowest BCUT2D eigenvalue weighted by molar-refractivity contribution is 0.442. The molecule has 2 aromatic carbocycles. The maximum atomic E-state index is 13.9. The van der Waals surface area contributed by atoms with Crippen molar-refractivity contribution in [2.24, 2.45) is 10.9 Å². The Morgan fingerprint density at radius 1 is 1.06 bits per heavy atom. The molecule has 0 bridgehead atoms. The third-order valence-corrected chi connectivity index (χ3v) is 2.18. The van der Waals surface area contributed by atoms with Crippen molar-refractivity contribution >= 4 is 6.21 Å². The fourth-order valence-electron chi connectivity index (χ4n) is 1.40. The van der Waals surface area contributed by atoms with Gasteiger partial charge in [0.25, 0.3) is 0 Å². The summed E-state index contributed by atoms with van der Waals surface area (Å²) in [6, 6.07) is 13.8. The predicted molar refractivity (Wildman–Crippen MR) is 64.7 cm³/mol. The van der Waals surface area contributed by atoms with Crippen LogP contribution in [0.3, 0.4) is 0 Å². The Labute approximate surface area is 98.3 Å². The summed E-state index contributed by atoms with van der Waals surface area (Å²) < 4.78 is 19.3. The summed E-state index contributed by atoms with van der Waals surface area (Å²) in [7, 11) is 0. The highest BCUT2D eigenvalue weighted by atomic mass is 19.1. The average molecular weight is 230 g/mol. The highest BCUT2D eigenvalue weighted by Gasteiger charge is 2.08. The molecule has 0 aromatic heterocycles. The second-order valence-corrected chi connectivity index (χ2v) is 3.35. The molecule has 2 N–H and O–H groups in total. The Balaban J connectivity index is 2.31. The van der Waals surface area contributed by atoms with Gasteiger partial charge < -0.3 is 10.6 Å². The van der Waals surface area contributed by atoms with E-state index < -0.39 is 5.82 Å². The number of benzene rings is 2. The zero-order valence-electron chi connectivity index (χ0n) is 9.01. The smallest absolute Gasteiger partial charge is 0.174 e. The van der Waals surface area contributed by atoms with Crippen LogP contribution in [0.15, 0.2) is 53.6 Å². The van der Waals surface area contributed by atoms with Crippen LogP contribution >= 0.6 is 0 Å². The lowest BCUT2D eigenvalue weighted by Gasteiger charge is -2.07. The maximum absolute atomic E-state index is 13.9. The van der Waals surface area contributed by atoms with E-state index in [0.717, 1.165) is 0 Å². The number of nitrogens with zero attached hydrogens (tertiary/aromatic N) is 1. The van der Waals surface area contributed by atoms with E-state index in [0.29, 0.717) is 11.3 Å². The molecule has 0 heterocycles. The monoisotopic (exact) mass is 230 g/mol. The van der Waals surface area contributed by atoms with Crippen LogP contribution in [0.2, 0.25) is 0 Å². The van der Waals surface area contributed by atoms with Crippen LogP contribution in [-0.2, 0) is 0 Å². The van der Waals surface area contributed by atoms with Crippen LogP contribution in [0.5, 0.6) is 11.5 Å². The number of halogens is 1. The van der Waals surface area contributed by atoms with Crippen molar-refractivity contribution in [3.63, 3.8) is 0 Å². The average Bonchev–Trinajstić information content (AvgIpc) is 2.36. The number of ether oxygens (including phenoxy) is 1. The molecule has 0 atom stereocenters. The van der Waals surface area contributed by atoms with Gasteiger partial charge >= 0.3 is 0 Å². The van der Waals surface area contributed by atoms with Crippen molar-refractivity contribution < 1.29 is 9.13 Å². The molecule has 0 aliphatic carbocycles. The van der Waals surface area contributed by atoms with E-state index in [2.05, 4.69) is 5.10 Å². The van der Waals surface area contributed by atoms with Crippen LogP contribution in [0.25, 0.3) is 0 Å². The van der Waals surface area contributed by atoms with Crippen molar-refractivity contribution in [1.29, 1.82) is 0 Å². The largest absolute Gasteiger partial charge is 0.454 e. The highest BCUT2D eigenvalue weighted by molar-refractivity contribution is 5.80. The standard InChI is InChI=1S/C13H11FN2O/c14-13-10(9-16-15)5-4-8-12(13)17-11-6-2-1-3-7-11/h1-9H,15H2. The van der Waals surface area contributed by atoms with Gasteiger partial charge in [-0.15, -0.1) is 0 Å². The molecule has 2 rings (SSSR count). The first-order valence-corrected chi connectivity index (χ1v) is 5.06. The van der Waals surface area contributed by atoms with Crippen molar-refractivity contribution in [2.45, 2.75) is 0 Å². The minimum Gasteiger partial charge on any atom is -0.454 e. The van der Waals surface area contributed by atoms with Crippen LogP contribution < -0.4 is 10.6 Å². The fraction of sp³-hybridized carbons (Fsp3) is 0. The summed E-state index contributed by atoms with van der Waals surface area (Å²) in [6.07, 6.45) is 1.24. The van der Waals surface area contributed by atoms with Gasteiger partial charge in [0.2, 0.25) is 0 Å². The molecule has 86 valence electrons. The normalized spacial score (nSPS) is 10.6. The first-order chi connectivity index (χ1) is 8.31. The number of hydrazone groups is 1. The number of hydrogen-bond acceptors (Lipinski definition) is 3. The van der Waals surface area contributed by atoms with Crippen LogP contribution in [0.4, 0.5) is 4.39 Å². The van der Waals surface area contributed by atoms with Gasteiger partial charge in [-0.05, 0) is 18.2 Å². The molecule has 0 spiro atoms. The lowest BCUT2D eigenvalue weighted by atomic mass is 10.2. The number of hydrogen-bond donors (Lipinski definition) is 1. The van der Waals surface area contributed by atoms with Gasteiger partial charge in [0.15, 0.2) is 11.6 Å². The maximum Gasteiger partial charge on any atom is 0.174 e. The van der Waals surface area contributed by atoms with E-state index in [1.54, 1.807) is 30.3 Å². The molecule has 0 unspecified atom stereocenters. The molecule has 0 fully saturated rings. The molecular formula is C13H11FN2O. The van der Waals surface area contributed by atoms with Crippen molar-refractivity contribution in [3.05, 3.63) is 59.9 Å². The van der Waals surface area contributed by atoms with E-state index in [9.17, 15) is 4.39 Å². The highest BCUT2D eigenvalue weighted by Crippen LogP contribution is 2.25. The van der Waals surface area contributed by atoms with Gasteiger partial charge in [0, 0.05) is 5.56 Å². The predicted octanol–water partition coefficient (Wildman–Crippen LogP) is 2.91. The van der Waals surface area contributed by atoms with Gasteiger partial charge in [0.1, 0.15) is 5.75 Å². The Kier molecular flexibility index (Phi) is 3.35. The van der Waals surface area contributed by atoms with E-state index in [1.165, 1.54) is 6.21 Å². The second-order valence-electron chi connectivity index (χ2n) is 3.35. The molecule has 17 heavy (non-hydrogen) atoms. The van der Waals surface area contributed by atoms with E-state index >= 15 is 0 Å². The molecule has 0 saturated carbocycles. The van der Waals surface area contributed by atoms with Gasteiger partial charge in [-0.1, -0.05) is 30.3 Å². The Hall–Kier alpha value is -2.36. The lowest BCUT2D eigenvalue weighted by Crippen LogP contribution is -1.95. The van der Waals surface area contributed by atoms with E-state index in [1.807, 2.05) is 18.2 Å². The van der Waals surface area contributed by atoms with Crippen molar-refractivity contribution in [2.75, 3.05) is 0 Å². The second kappa shape index (κ2) is 5.12. The fourth-order valence-corrected chi connectivity index (χ4v) is 1.40. The zero-order chi connectivity index (χ0) is 12.1. The molecule has 4 heteroatoms. The molecule has 0 aliphatic rings. The Bertz CT molecular complexity index is 526. The van der Waals surface area contributed by atoms with E-state index in [-0.39, 0.29) is 5.75 Å². The first kappa shape index (κ1) is 11.1. The summed E-state index contributed by atoms with van der Waals surface area (Å²) in [5.41, 5.74) is 0.293. The number of nitrogens with two attached hydrogens (primary N) is 1. The van der Waals surface area contributed by atoms with Gasteiger partial charge in [-0.3, -0.25) is 0 Å². The Morgan fingerprint density at radius 2 is 1.82 bits per heavy atom. The van der Waals surface area contributed by atoms with Crippen LogP contribution in [-0.4, -0.2) is 6.21 Å². The summed E-state index contributed by atoms with van der Waals surface area (Å²) in [4.78, 5) is 0. The summed E-state index contributed by atoms with van der Waals surface area (Å²) >= 11 is 0.